The molecule has 21 heavy (non-hydrogen) atoms. The molecule has 1 nitrogen and oxygen atoms in total. The van der Waals surface area contributed by atoms with Crippen molar-refractivity contribution in [2.45, 2.75) is 19.0 Å². The van der Waals surface area contributed by atoms with Gasteiger partial charge in [-0.25, -0.2) is 0 Å². The minimum Gasteiger partial charge on any atom is -0.456 e. The molecule has 112 valence electrons. The quantitative estimate of drug-likeness (QED) is 0.568. The molecule has 2 aromatic carbocycles. The van der Waals surface area contributed by atoms with Crippen molar-refractivity contribution in [2.24, 2.45) is 0 Å². The molecular weight excluding hydrogens is 369 g/mol. The summed E-state index contributed by atoms with van der Waals surface area (Å²) in [6.45, 7) is 1.76. The molecule has 0 unspecified atom stereocenters. The van der Waals surface area contributed by atoms with E-state index in [1.807, 2.05) is 0 Å². The number of aryl methyl sites for hydroxylation is 1. The van der Waals surface area contributed by atoms with Gasteiger partial charge in [0.25, 0.3) is 0 Å². The number of rotatable bonds is 3. The number of alkyl halides is 4. The molecule has 0 saturated heterocycles. The van der Waals surface area contributed by atoms with E-state index in [1.54, 1.807) is 25.1 Å². The molecule has 2 aromatic rings. The van der Waals surface area contributed by atoms with Crippen LogP contribution < -0.4 is 4.74 Å². The molecule has 0 aliphatic rings. The smallest absolute Gasteiger partial charge is 0.419 e. The number of halogens is 5. The van der Waals surface area contributed by atoms with Crippen molar-refractivity contribution in [2.75, 3.05) is 0 Å². The SMILES string of the molecule is Cc1cc(Br)ccc1Oc1ccc(CCl)cc1C(F)(F)F. The van der Waals surface area contributed by atoms with Crippen LogP contribution in [-0.2, 0) is 12.1 Å². The fourth-order valence-corrected chi connectivity index (χ4v) is 2.46. The molecule has 6 heteroatoms. The Morgan fingerprint density at radius 3 is 2.33 bits per heavy atom. The maximum absolute atomic E-state index is 13.1. The summed E-state index contributed by atoms with van der Waals surface area (Å²) in [5.74, 6) is 0.157. The normalized spacial score (nSPS) is 11.5. The van der Waals surface area contributed by atoms with E-state index in [0.717, 1.165) is 16.1 Å². The third-order valence-corrected chi connectivity index (χ3v) is 3.66. The zero-order valence-corrected chi connectivity index (χ0v) is 13.3. The predicted molar refractivity (Wildman–Crippen MR) is 80.0 cm³/mol. The molecule has 0 N–H and O–H groups in total. The fraction of sp³-hybridized carbons (Fsp3) is 0.200. The van der Waals surface area contributed by atoms with Crippen LogP contribution in [0.4, 0.5) is 13.2 Å². The van der Waals surface area contributed by atoms with Crippen LogP contribution in [0.25, 0.3) is 0 Å². The summed E-state index contributed by atoms with van der Waals surface area (Å²) in [4.78, 5) is 0. The molecule has 0 bridgehead atoms. The average molecular weight is 380 g/mol. The summed E-state index contributed by atoms with van der Waals surface area (Å²) < 4.78 is 45.6. The largest absolute Gasteiger partial charge is 0.456 e. The highest BCUT2D eigenvalue weighted by molar-refractivity contribution is 9.10. The van der Waals surface area contributed by atoms with E-state index in [1.165, 1.54) is 12.1 Å². The van der Waals surface area contributed by atoms with Gasteiger partial charge in [0.15, 0.2) is 0 Å². The van der Waals surface area contributed by atoms with Crippen molar-refractivity contribution in [3.8, 4) is 11.5 Å². The van der Waals surface area contributed by atoms with Crippen molar-refractivity contribution in [3.05, 3.63) is 57.6 Å². The lowest BCUT2D eigenvalue weighted by Gasteiger charge is -2.16. The summed E-state index contributed by atoms with van der Waals surface area (Å²) in [5.41, 5.74) is 0.297. The van der Waals surface area contributed by atoms with E-state index in [4.69, 9.17) is 16.3 Å². The minimum atomic E-state index is -4.50. The van der Waals surface area contributed by atoms with Crippen LogP contribution in [-0.4, -0.2) is 0 Å². The maximum atomic E-state index is 13.1. The number of hydrogen-bond donors (Lipinski definition) is 0. The molecule has 0 saturated carbocycles. The molecule has 0 amide bonds. The first-order chi connectivity index (χ1) is 9.81. The Labute approximate surface area is 133 Å². The standard InChI is InChI=1S/C15H11BrClF3O/c1-9-6-11(16)3-5-13(9)21-14-4-2-10(8-17)7-12(14)15(18,19)20/h2-7H,8H2,1H3. The molecular formula is C15H11BrClF3O. The van der Waals surface area contributed by atoms with Gasteiger partial charge < -0.3 is 4.74 Å². The Morgan fingerprint density at radius 2 is 1.76 bits per heavy atom. The first kappa shape index (κ1) is 16.2. The lowest BCUT2D eigenvalue weighted by atomic mass is 10.1. The van der Waals surface area contributed by atoms with Crippen LogP contribution >= 0.6 is 27.5 Å². The topological polar surface area (TPSA) is 9.23 Å². The predicted octanol–water partition coefficient (Wildman–Crippen LogP) is 6.31. The summed E-state index contributed by atoms with van der Waals surface area (Å²) >= 11 is 8.89. The van der Waals surface area contributed by atoms with Gasteiger partial charge >= 0.3 is 6.18 Å². The minimum absolute atomic E-state index is 0.0146. The second kappa shape index (κ2) is 6.28. The van der Waals surface area contributed by atoms with Crippen LogP contribution in [0.15, 0.2) is 40.9 Å². The van der Waals surface area contributed by atoms with Gasteiger partial charge in [-0.3, -0.25) is 0 Å². The molecule has 0 radical (unpaired) electrons. The van der Waals surface area contributed by atoms with E-state index in [0.29, 0.717) is 11.3 Å². The third kappa shape index (κ3) is 3.92. The number of hydrogen-bond acceptors (Lipinski definition) is 1. The second-order valence-corrected chi connectivity index (χ2v) is 5.66. The van der Waals surface area contributed by atoms with Crippen molar-refractivity contribution in [3.63, 3.8) is 0 Å². The van der Waals surface area contributed by atoms with Gasteiger partial charge in [-0.05, 0) is 48.4 Å². The van der Waals surface area contributed by atoms with E-state index >= 15 is 0 Å². The highest BCUT2D eigenvalue weighted by Gasteiger charge is 2.35. The van der Waals surface area contributed by atoms with Crippen molar-refractivity contribution < 1.29 is 17.9 Å². The first-order valence-electron chi connectivity index (χ1n) is 6.01. The van der Waals surface area contributed by atoms with Gasteiger partial charge in [-0.2, -0.15) is 13.2 Å². The van der Waals surface area contributed by atoms with Crippen LogP contribution in [0.1, 0.15) is 16.7 Å². The van der Waals surface area contributed by atoms with Crippen molar-refractivity contribution >= 4 is 27.5 Å². The maximum Gasteiger partial charge on any atom is 0.419 e. The van der Waals surface area contributed by atoms with Gasteiger partial charge in [-0.1, -0.05) is 22.0 Å². The van der Waals surface area contributed by atoms with E-state index in [2.05, 4.69) is 15.9 Å². The number of benzene rings is 2. The molecule has 0 atom stereocenters. The zero-order valence-electron chi connectivity index (χ0n) is 11.0. The van der Waals surface area contributed by atoms with Crippen molar-refractivity contribution in [1.82, 2.24) is 0 Å². The Kier molecular flexibility index (Phi) is 4.84. The zero-order chi connectivity index (χ0) is 15.6. The lowest BCUT2D eigenvalue weighted by molar-refractivity contribution is -0.138. The summed E-state index contributed by atoms with van der Waals surface area (Å²) in [5, 5.41) is 0. The Hall–Kier alpha value is -1.20. The molecule has 2 rings (SSSR count). The van der Waals surface area contributed by atoms with Crippen LogP contribution in [0, 0.1) is 6.92 Å². The van der Waals surface area contributed by atoms with E-state index in [-0.39, 0.29) is 11.6 Å². The van der Waals surface area contributed by atoms with Gasteiger partial charge in [0.2, 0.25) is 0 Å². The summed E-state index contributed by atoms with van der Waals surface area (Å²) in [6.07, 6.45) is -4.50. The van der Waals surface area contributed by atoms with E-state index < -0.39 is 11.7 Å². The molecule has 0 aliphatic carbocycles. The Balaban J connectivity index is 2.44. The lowest BCUT2D eigenvalue weighted by Crippen LogP contribution is -2.08. The fourth-order valence-electron chi connectivity index (χ4n) is 1.82. The molecule has 0 fully saturated rings. The summed E-state index contributed by atoms with van der Waals surface area (Å²) in [6, 6.07) is 8.93. The van der Waals surface area contributed by atoms with Gasteiger partial charge in [0.05, 0.1) is 5.56 Å². The first-order valence-corrected chi connectivity index (χ1v) is 7.34. The Morgan fingerprint density at radius 1 is 1.10 bits per heavy atom. The van der Waals surface area contributed by atoms with Crippen LogP contribution in [0.3, 0.4) is 0 Å². The molecule has 0 heterocycles. The van der Waals surface area contributed by atoms with Gasteiger partial charge in [-0.15, -0.1) is 11.6 Å². The van der Waals surface area contributed by atoms with Gasteiger partial charge in [0, 0.05) is 10.4 Å². The van der Waals surface area contributed by atoms with E-state index in [9.17, 15) is 13.2 Å². The van der Waals surface area contributed by atoms with Crippen LogP contribution in [0.5, 0.6) is 11.5 Å². The second-order valence-electron chi connectivity index (χ2n) is 4.47. The Bertz CT molecular complexity index is 656. The van der Waals surface area contributed by atoms with Gasteiger partial charge in [0.1, 0.15) is 11.5 Å². The monoisotopic (exact) mass is 378 g/mol. The number of ether oxygens (including phenoxy) is 1. The summed E-state index contributed by atoms with van der Waals surface area (Å²) in [7, 11) is 0. The molecule has 0 aliphatic heterocycles. The highest BCUT2D eigenvalue weighted by Crippen LogP contribution is 2.39. The van der Waals surface area contributed by atoms with Crippen molar-refractivity contribution in [1.29, 1.82) is 0 Å². The van der Waals surface area contributed by atoms with Crippen LogP contribution in [0.2, 0.25) is 0 Å². The highest BCUT2D eigenvalue weighted by atomic mass is 79.9. The molecule has 0 aromatic heterocycles. The molecule has 0 spiro atoms. The third-order valence-electron chi connectivity index (χ3n) is 2.86. The average Bonchev–Trinajstić information content (AvgIpc) is 2.41.